The first kappa shape index (κ1) is 17.4. The van der Waals surface area contributed by atoms with Gasteiger partial charge in [-0.3, -0.25) is 0 Å². The van der Waals surface area contributed by atoms with Crippen LogP contribution in [0.15, 0.2) is 18.3 Å². The number of hydrogen-bond acceptors (Lipinski definition) is 4. The van der Waals surface area contributed by atoms with Crippen LogP contribution in [0, 0.1) is 5.92 Å². The highest BCUT2D eigenvalue weighted by molar-refractivity contribution is 5.65. The lowest BCUT2D eigenvalue weighted by molar-refractivity contribution is 0.0148. The summed E-state index contributed by atoms with van der Waals surface area (Å²) in [5.41, 5.74) is 0. The molecule has 0 aromatic carbocycles. The molecule has 128 valence electrons. The smallest absolute Gasteiger partial charge is 0.407 e. The van der Waals surface area contributed by atoms with Gasteiger partial charge in [-0.2, -0.15) is 0 Å². The Morgan fingerprint density at radius 2 is 2.22 bits per heavy atom. The number of ether oxygens (including phenoxy) is 2. The molecule has 1 N–H and O–H groups in total. The Hall–Kier alpha value is -1.98. The summed E-state index contributed by atoms with van der Waals surface area (Å²) in [5.74, 6) is 1.45. The maximum Gasteiger partial charge on any atom is 0.407 e. The van der Waals surface area contributed by atoms with E-state index < -0.39 is 6.09 Å². The molecule has 0 saturated carbocycles. The number of nitrogens with zero attached hydrogens (tertiary/aromatic N) is 2. The van der Waals surface area contributed by atoms with Crippen molar-refractivity contribution in [1.29, 1.82) is 0 Å². The molecule has 0 spiro atoms. The van der Waals surface area contributed by atoms with Crippen LogP contribution in [0.5, 0.6) is 11.6 Å². The molecule has 0 aliphatic carbocycles. The van der Waals surface area contributed by atoms with Gasteiger partial charge in [-0.25, -0.2) is 9.78 Å². The van der Waals surface area contributed by atoms with Crippen molar-refractivity contribution in [3.8, 4) is 11.6 Å². The van der Waals surface area contributed by atoms with Crippen molar-refractivity contribution < 1.29 is 19.4 Å². The normalized spacial score (nSPS) is 24.6. The summed E-state index contributed by atoms with van der Waals surface area (Å²) in [4.78, 5) is 17.1. The number of amides is 1. The fraction of sp³-hybridized carbons (Fsp3) is 0.647. The number of carbonyl (C=O) groups is 1. The van der Waals surface area contributed by atoms with Crippen LogP contribution in [0.2, 0.25) is 0 Å². The van der Waals surface area contributed by atoms with Gasteiger partial charge in [0, 0.05) is 31.0 Å². The summed E-state index contributed by atoms with van der Waals surface area (Å²) in [6, 6.07) is 3.60. The standard InChI is InChI=1S/C17H26N2O4/c1-5-13-10-19(17(20)21)12(4)8-15(13)23-16-7-6-14(9-18-16)22-11(2)3/h6-7,9,11-13,15H,5,8,10H2,1-4H3,(H,20,21)/t12-,13+,15+/m1/s1. The first-order chi connectivity index (χ1) is 10.9. The van der Waals surface area contributed by atoms with Gasteiger partial charge in [0.15, 0.2) is 0 Å². The van der Waals surface area contributed by atoms with Gasteiger partial charge in [0.1, 0.15) is 11.9 Å². The van der Waals surface area contributed by atoms with Gasteiger partial charge < -0.3 is 19.5 Å². The fourth-order valence-electron chi connectivity index (χ4n) is 2.94. The average molecular weight is 322 g/mol. The molecule has 2 heterocycles. The topological polar surface area (TPSA) is 71.9 Å². The lowest BCUT2D eigenvalue weighted by Crippen LogP contribution is -2.51. The zero-order chi connectivity index (χ0) is 17.0. The largest absolute Gasteiger partial charge is 0.489 e. The maximum absolute atomic E-state index is 11.3. The van der Waals surface area contributed by atoms with Crippen LogP contribution in [0.1, 0.15) is 40.5 Å². The minimum atomic E-state index is -0.859. The van der Waals surface area contributed by atoms with Gasteiger partial charge in [-0.05, 0) is 33.3 Å². The number of piperidine rings is 1. The molecule has 1 aliphatic heterocycles. The third kappa shape index (κ3) is 4.50. The number of likely N-dealkylation sites (tertiary alicyclic amines) is 1. The highest BCUT2D eigenvalue weighted by Gasteiger charge is 2.36. The zero-order valence-corrected chi connectivity index (χ0v) is 14.2. The molecular formula is C17H26N2O4. The molecule has 1 saturated heterocycles. The fourth-order valence-corrected chi connectivity index (χ4v) is 2.94. The number of hydrogen-bond donors (Lipinski definition) is 1. The van der Waals surface area contributed by atoms with Crippen molar-refractivity contribution in [1.82, 2.24) is 9.88 Å². The summed E-state index contributed by atoms with van der Waals surface area (Å²) in [6.45, 7) is 8.42. The summed E-state index contributed by atoms with van der Waals surface area (Å²) in [7, 11) is 0. The molecule has 2 rings (SSSR count). The summed E-state index contributed by atoms with van der Waals surface area (Å²) >= 11 is 0. The van der Waals surface area contributed by atoms with Gasteiger partial charge in [-0.15, -0.1) is 0 Å². The molecule has 23 heavy (non-hydrogen) atoms. The van der Waals surface area contributed by atoms with Gasteiger partial charge >= 0.3 is 6.09 Å². The molecule has 6 nitrogen and oxygen atoms in total. The van der Waals surface area contributed by atoms with Crippen LogP contribution in [0.25, 0.3) is 0 Å². The molecule has 3 atom stereocenters. The molecule has 1 aliphatic rings. The van der Waals surface area contributed by atoms with Crippen LogP contribution in [-0.2, 0) is 0 Å². The van der Waals surface area contributed by atoms with E-state index in [0.29, 0.717) is 24.6 Å². The first-order valence-electron chi connectivity index (χ1n) is 8.19. The van der Waals surface area contributed by atoms with Crippen LogP contribution in [0.4, 0.5) is 4.79 Å². The Kier molecular flexibility index (Phi) is 5.69. The number of pyridine rings is 1. The molecular weight excluding hydrogens is 296 g/mol. The predicted octanol–water partition coefficient (Wildman–Crippen LogP) is 3.41. The van der Waals surface area contributed by atoms with E-state index in [1.807, 2.05) is 26.8 Å². The minimum absolute atomic E-state index is 0.0185. The minimum Gasteiger partial charge on any atom is -0.489 e. The molecule has 1 amide bonds. The number of rotatable bonds is 5. The van der Waals surface area contributed by atoms with E-state index in [1.54, 1.807) is 12.3 Å². The van der Waals surface area contributed by atoms with Crippen LogP contribution < -0.4 is 9.47 Å². The van der Waals surface area contributed by atoms with Crippen molar-refractivity contribution in [2.24, 2.45) is 5.92 Å². The summed E-state index contributed by atoms with van der Waals surface area (Å²) in [5, 5.41) is 9.26. The summed E-state index contributed by atoms with van der Waals surface area (Å²) < 4.78 is 11.6. The SMILES string of the molecule is CC[C@H]1CN(C(=O)O)[C@H](C)C[C@@H]1Oc1ccc(OC(C)C)cn1. The number of aromatic nitrogens is 1. The Morgan fingerprint density at radius 1 is 1.48 bits per heavy atom. The Bertz CT molecular complexity index is 518. The van der Waals surface area contributed by atoms with Crippen LogP contribution >= 0.6 is 0 Å². The van der Waals surface area contributed by atoms with Crippen LogP contribution in [-0.4, -0.2) is 45.9 Å². The van der Waals surface area contributed by atoms with Gasteiger partial charge in [0.25, 0.3) is 0 Å². The van der Waals surface area contributed by atoms with E-state index in [-0.39, 0.29) is 24.2 Å². The second kappa shape index (κ2) is 7.53. The molecule has 0 bridgehead atoms. The highest BCUT2D eigenvalue weighted by atomic mass is 16.5. The van der Waals surface area contributed by atoms with Crippen LogP contribution in [0.3, 0.4) is 0 Å². The molecule has 1 aromatic heterocycles. The molecule has 1 aromatic rings. The van der Waals surface area contributed by atoms with Crippen molar-refractivity contribution in [2.75, 3.05) is 6.54 Å². The third-order valence-corrected chi connectivity index (χ3v) is 4.19. The van der Waals surface area contributed by atoms with Crippen molar-refractivity contribution in [2.45, 2.75) is 58.8 Å². The molecule has 0 radical (unpaired) electrons. The highest BCUT2D eigenvalue weighted by Crippen LogP contribution is 2.28. The third-order valence-electron chi connectivity index (χ3n) is 4.19. The zero-order valence-electron chi connectivity index (χ0n) is 14.2. The molecule has 0 unspecified atom stereocenters. The second-order valence-electron chi connectivity index (χ2n) is 6.34. The second-order valence-corrected chi connectivity index (χ2v) is 6.34. The lowest BCUT2D eigenvalue weighted by Gasteiger charge is -2.40. The van der Waals surface area contributed by atoms with E-state index in [9.17, 15) is 9.90 Å². The van der Waals surface area contributed by atoms with Crippen molar-refractivity contribution >= 4 is 6.09 Å². The number of carboxylic acid groups (broad SMARTS) is 1. The van der Waals surface area contributed by atoms with E-state index in [0.717, 1.165) is 6.42 Å². The quantitative estimate of drug-likeness (QED) is 0.899. The van der Waals surface area contributed by atoms with Crippen molar-refractivity contribution in [3.63, 3.8) is 0 Å². The van der Waals surface area contributed by atoms with Gasteiger partial charge in [0.2, 0.25) is 5.88 Å². The Morgan fingerprint density at radius 3 is 2.74 bits per heavy atom. The van der Waals surface area contributed by atoms with Crippen molar-refractivity contribution in [3.05, 3.63) is 18.3 Å². The lowest BCUT2D eigenvalue weighted by atomic mass is 9.88. The molecule has 6 heteroatoms. The first-order valence-corrected chi connectivity index (χ1v) is 8.19. The molecule has 1 fully saturated rings. The Labute approximate surface area is 137 Å². The predicted molar refractivity (Wildman–Crippen MR) is 87.0 cm³/mol. The maximum atomic E-state index is 11.3. The van der Waals surface area contributed by atoms with Gasteiger partial charge in [-0.1, -0.05) is 6.92 Å². The van der Waals surface area contributed by atoms with E-state index in [1.165, 1.54) is 4.90 Å². The van der Waals surface area contributed by atoms with E-state index in [2.05, 4.69) is 11.9 Å². The monoisotopic (exact) mass is 322 g/mol. The van der Waals surface area contributed by atoms with Gasteiger partial charge in [0.05, 0.1) is 12.3 Å². The Balaban J connectivity index is 2.02. The van der Waals surface area contributed by atoms with E-state index >= 15 is 0 Å². The summed E-state index contributed by atoms with van der Waals surface area (Å²) in [6.07, 6.45) is 2.44. The average Bonchev–Trinajstić information content (AvgIpc) is 2.48. The van der Waals surface area contributed by atoms with E-state index in [4.69, 9.17) is 9.47 Å².